The van der Waals surface area contributed by atoms with Gasteiger partial charge >= 0.3 is 60.8 Å². The van der Waals surface area contributed by atoms with E-state index in [0.717, 1.165) is 19.3 Å². The molecule has 0 aromatic carbocycles. The summed E-state index contributed by atoms with van der Waals surface area (Å²) < 4.78 is 0. The van der Waals surface area contributed by atoms with Crippen LogP contribution in [0.4, 0.5) is 0 Å². The van der Waals surface area contributed by atoms with Crippen LogP contribution in [0.5, 0.6) is 0 Å². The van der Waals surface area contributed by atoms with Crippen molar-refractivity contribution in [1.82, 2.24) is 0 Å². The van der Waals surface area contributed by atoms with Crippen molar-refractivity contribution >= 4 is 60.8 Å². The standard InChI is InChI=1S/C9H16O4.Ba.2H/c10-8(11)6-4-2-1-3-5-7-9(12)13;;;/h1-7H2,(H,10,11)(H,12,13);;;. The summed E-state index contributed by atoms with van der Waals surface area (Å²) in [5, 5.41) is 16.6. The molecule has 5 heteroatoms. The van der Waals surface area contributed by atoms with Crippen molar-refractivity contribution in [2.75, 3.05) is 0 Å². The molecule has 0 radical (unpaired) electrons. The molecule has 4 nitrogen and oxygen atoms in total. The van der Waals surface area contributed by atoms with E-state index in [1.807, 2.05) is 0 Å². The predicted molar refractivity (Wildman–Crippen MR) is 56.1 cm³/mol. The zero-order valence-corrected chi connectivity index (χ0v) is 7.66. The maximum absolute atomic E-state index is 10.1. The molecular formula is C9H18BaO4. The number of unbranched alkanes of at least 4 members (excludes halogenated alkanes) is 4. The Morgan fingerprint density at radius 3 is 1.29 bits per heavy atom. The summed E-state index contributed by atoms with van der Waals surface area (Å²) in [6.07, 6.45) is 4.53. The van der Waals surface area contributed by atoms with Crippen LogP contribution in [0.3, 0.4) is 0 Å². The normalized spacial score (nSPS) is 9.14. The second kappa shape index (κ2) is 11.6. The summed E-state index contributed by atoms with van der Waals surface area (Å²) in [5.74, 6) is -1.52. The summed E-state index contributed by atoms with van der Waals surface area (Å²) in [7, 11) is 0. The van der Waals surface area contributed by atoms with E-state index in [-0.39, 0.29) is 61.7 Å². The minimum atomic E-state index is -0.759. The van der Waals surface area contributed by atoms with Crippen LogP contribution in [-0.2, 0) is 9.59 Å². The van der Waals surface area contributed by atoms with Crippen LogP contribution in [0.25, 0.3) is 0 Å². The van der Waals surface area contributed by atoms with Crippen molar-refractivity contribution in [3.8, 4) is 0 Å². The van der Waals surface area contributed by atoms with Gasteiger partial charge in [-0.15, -0.1) is 0 Å². The molecule has 0 unspecified atom stereocenters. The first-order valence-corrected chi connectivity index (χ1v) is 4.56. The molecule has 0 fully saturated rings. The second-order valence-corrected chi connectivity index (χ2v) is 3.06. The fourth-order valence-corrected chi connectivity index (χ4v) is 1.08. The van der Waals surface area contributed by atoms with Crippen LogP contribution in [0.1, 0.15) is 44.9 Å². The number of carbonyl (C=O) groups is 2. The first-order valence-electron chi connectivity index (χ1n) is 4.56. The summed E-state index contributed by atoms with van der Waals surface area (Å²) in [6.45, 7) is 0. The maximum atomic E-state index is 10.1. The molecule has 0 aliphatic heterocycles. The third kappa shape index (κ3) is 15.0. The van der Waals surface area contributed by atoms with E-state index in [4.69, 9.17) is 10.2 Å². The van der Waals surface area contributed by atoms with Gasteiger partial charge in [0.05, 0.1) is 0 Å². The van der Waals surface area contributed by atoms with Crippen LogP contribution in [0.2, 0.25) is 0 Å². The summed E-state index contributed by atoms with van der Waals surface area (Å²) in [6, 6.07) is 0. The summed E-state index contributed by atoms with van der Waals surface area (Å²) in [4.78, 5) is 20.2. The molecule has 0 amide bonds. The average Bonchev–Trinajstić information content (AvgIpc) is 2.01. The van der Waals surface area contributed by atoms with Crippen LogP contribution in [-0.4, -0.2) is 71.0 Å². The fourth-order valence-electron chi connectivity index (χ4n) is 1.08. The Labute approximate surface area is 124 Å². The van der Waals surface area contributed by atoms with E-state index in [9.17, 15) is 9.59 Å². The zero-order valence-electron chi connectivity index (χ0n) is 7.66. The Bertz CT molecular complexity index is 152. The molecule has 0 aromatic rings. The van der Waals surface area contributed by atoms with E-state index in [0.29, 0.717) is 12.8 Å². The predicted octanol–water partition coefficient (Wildman–Crippen LogP) is 0.970. The van der Waals surface area contributed by atoms with Gasteiger partial charge in [0.2, 0.25) is 0 Å². The Balaban J connectivity index is 0. The first-order chi connectivity index (χ1) is 6.13. The van der Waals surface area contributed by atoms with Crippen molar-refractivity contribution in [3.63, 3.8) is 0 Å². The molecule has 0 saturated carbocycles. The Morgan fingerprint density at radius 2 is 1.00 bits per heavy atom. The Hall–Kier alpha value is 0.511. The molecule has 0 bridgehead atoms. The van der Waals surface area contributed by atoms with Gasteiger partial charge in [0.1, 0.15) is 0 Å². The molecule has 0 aliphatic rings. The van der Waals surface area contributed by atoms with Crippen LogP contribution in [0, 0.1) is 0 Å². The van der Waals surface area contributed by atoms with Gasteiger partial charge in [0, 0.05) is 12.8 Å². The van der Waals surface area contributed by atoms with Crippen LogP contribution in [0.15, 0.2) is 0 Å². The second-order valence-electron chi connectivity index (χ2n) is 3.06. The molecule has 80 valence electrons. The Morgan fingerprint density at radius 1 is 0.714 bits per heavy atom. The van der Waals surface area contributed by atoms with Gasteiger partial charge in [-0.05, 0) is 12.8 Å². The third-order valence-corrected chi connectivity index (χ3v) is 1.78. The molecule has 2 N–H and O–H groups in total. The molecule has 14 heavy (non-hydrogen) atoms. The number of hydrogen-bond acceptors (Lipinski definition) is 2. The summed E-state index contributed by atoms with van der Waals surface area (Å²) in [5.41, 5.74) is 0. The molecule has 0 saturated heterocycles. The van der Waals surface area contributed by atoms with Gasteiger partial charge < -0.3 is 10.2 Å². The molecule has 0 aromatic heterocycles. The van der Waals surface area contributed by atoms with Gasteiger partial charge in [0.25, 0.3) is 0 Å². The van der Waals surface area contributed by atoms with E-state index in [1.54, 1.807) is 0 Å². The topological polar surface area (TPSA) is 74.6 Å². The average molecular weight is 328 g/mol. The monoisotopic (exact) mass is 328 g/mol. The Kier molecular flexibility index (Phi) is 14.0. The van der Waals surface area contributed by atoms with Crippen LogP contribution >= 0.6 is 0 Å². The van der Waals surface area contributed by atoms with E-state index in [2.05, 4.69) is 0 Å². The molecule has 0 rings (SSSR count). The number of aliphatic carboxylic acids is 2. The molecule has 0 heterocycles. The fraction of sp³-hybridized carbons (Fsp3) is 0.778. The van der Waals surface area contributed by atoms with E-state index < -0.39 is 11.9 Å². The number of rotatable bonds is 8. The molecule has 0 aliphatic carbocycles. The number of hydrogen-bond donors (Lipinski definition) is 2. The third-order valence-electron chi connectivity index (χ3n) is 1.78. The SMILES string of the molecule is O=C(O)CCCCCCCC(=O)O.[BaH2]. The van der Waals surface area contributed by atoms with Gasteiger partial charge in [-0.25, -0.2) is 0 Å². The first kappa shape index (κ1) is 16.9. The zero-order chi connectivity index (χ0) is 10.1. The van der Waals surface area contributed by atoms with Crippen molar-refractivity contribution in [1.29, 1.82) is 0 Å². The number of carboxylic acids is 2. The van der Waals surface area contributed by atoms with E-state index >= 15 is 0 Å². The quantitative estimate of drug-likeness (QED) is 0.514. The number of carboxylic acid groups (broad SMARTS) is 2. The minimum absolute atomic E-state index is 0. The van der Waals surface area contributed by atoms with Crippen LogP contribution < -0.4 is 0 Å². The van der Waals surface area contributed by atoms with Gasteiger partial charge in [-0.3, -0.25) is 9.59 Å². The summed E-state index contributed by atoms with van der Waals surface area (Å²) >= 11 is 0. The van der Waals surface area contributed by atoms with E-state index in [1.165, 1.54) is 0 Å². The van der Waals surface area contributed by atoms with Crippen molar-refractivity contribution < 1.29 is 19.8 Å². The molecule has 0 atom stereocenters. The molecular weight excluding hydrogens is 309 g/mol. The van der Waals surface area contributed by atoms with Gasteiger partial charge in [0.15, 0.2) is 0 Å². The van der Waals surface area contributed by atoms with Crippen molar-refractivity contribution in [2.45, 2.75) is 44.9 Å². The van der Waals surface area contributed by atoms with Crippen molar-refractivity contribution in [3.05, 3.63) is 0 Å². The van der Waals surface area contributed by atoms with Gasteiger partial charge in [-0.2, -0.15) is 0 Å². The van der Waals surface area contributed by atoms with Gasteiger partial charge in [-0.1, -0.05) is 19.3 Å². The van der Waals surface area contributed by atoms with Crippen molar-refractivity contribution in [2.24, 2.45) is 0 Å². The molecule has 0 spiro atoms.